The predicted molar refractivity (Wildman–Crippen MR) is 73.8 cm³/mol. The van der Waals surface area contributed by atoms with Crippen LogP contribution in [0.2, 0.25) is 0 Å². The van der Waals surface area contributed by atoms with E-state index in [1.165, 1.54) is 9.08 Å². The van der Waals surface area contributed by atoms with Gasteiger partial charge in [-0.3, -0.25) is 9.20 Å². The molecule has 7 nitrogen and oxygen atoms in total. The zero-order valence-electron chi connectivity index (χ0n) is 11.4. The van der Waals surface area contributed by atoms with E-state index in [9.17, 15) is 9.59 Å². The molecule has 0 fully saturated rings. The number of aromatic nitrogens is 3. The lowest BCUT2D eigenvalue weighted by Gasteiger charge is -2.18. The van der Waals surface area contributed by atoms with Gasteiger partial charge in [0.1, 0.15) is 0 Å². The molecule has 108 valence electrons. The Morgan fingerprint density at radius 3 is 2.85 bits per heavy atom. The minimum absolute atomic E-state index is 0.105. The first kappa shape index (κ1) is 14.3. The van der Waals surface area contributed by atoms with E-state index in [1.54, 1.807) is 18.3 Å². The number of carbonyl (C=O) groups is 1. The fourth-order valence-corrected chi connectivity index (χ4v) is 2.03. The molecule has 0 aliphatic heterocycles. The van der Waals surface area contributed by atoms with Crippen molar-refractivity contribution in [3.05, 3.63) is 34.9 Å². The van der Waals surface area contributed by atoms with Crippen molar-refractivity contribution in [2.75, 3.05) is 19.6 Å². The molecule has 0 spiro atoms. The molecule has 0 amide bonds. The molecule has 1 N–H and O–H groups in total. The third-order valence-electron chi connectivity index (χ3n) is 3.21. The molecule has 7 heteroatoms. The molecule has 2 aromatic heterocycles. The highest BCUT2D eigenvalue weighted by Crippen LogP contribution is 1.97. The Morgan fingerprint density at radius 2 is 2.20 bits per heavy atom. The zero-order chi connectivity index (χ0) is 14.5. The summed E-state index contributed by atoms with van der Waals surface area (Å²) in [7, 11) is 0. The van der Waals surface area contributed by atoms with Gasteiger partial charge in [-0.1, -0.05) is 13.0 Å². The van der Waals surface area contributed by atoms with Gasteiger partial charge in [0.2, 0.25) is 0 Å². The molecule has 2 aromatic rings. The summed E-state index contributed by atoms with van der Waals surface area (Å²) < 4.78 is 2.91. The van der Waals surface area contributed by atoms with Crippen LogP contribution in [0.1, 0.15) is 13.3 Å². The quantitative estimate of drug-likeness (QED) is 0.787. The third kappa shape index (κ3) is 3.24. The van der Waals surface area contributed by atoms with Gasteiger partial charge in [-0.05, 0) is 18.7 Å². The number of hydrogen-bond acceptors (Lipinski definition) is 4. The molecule has 0 aromatic carbocycles. The minimum atomic E-state index is -0.812. The number of likely N-dealkylation sites (N-methyl/N-ethyl adjacent to an activating group) is 1. The van der Waals surface area contributed by atoms with Crippen LogP contribution >= 0.6 is 0 Å². The lowest BCUT2D eigenvalue weighted by Crippen LogP contribution is -2.32. The maximum absolute atomic E-state index is 12.0. The number of hydrogen-bond donors (Lipinski definition) is 1. The van der Waals surface area contributed by atoms with Crippen molar-refractivity contribution in [3.8, 4) is 0 Å². The highest BCUT2D eigenvalue weighted by molar-refractivity contribution is 5.66. The van der Waals surface area contributed by atoms with E-state index < -0.39 is 5.97 Å². The van der Waals surface area contributed by atoms with Crippen molar-refractivity contribution in [1.29, 1.82) is 0 Å². The van der Waals surface area contributed by atoms with Crippen molar-refractivity contribution in [3.63, 3.8) is 0 Å². The number of nitrogens with zero attached hydrogens (tertiary/aromatic N) is 4. The van der Waals surface area contributed by atoms with Crippen molar-refractivity contribution >= 4 is 11.6 Å². The summed E-state index contributed by atoms with van der Waals surface area (Å²) in [6, 6.07) is 5.39. The molecule has 0 saturated carbocycles. The number of carboxylic acid groups (broad SMARTS) is 1. The molecule has 0 radical (unpaired) electrons. The highest BCUT2D eigenvalue weighted by atomic mass is 16.4. The molecule has 0 aliphatic carbocycles. The Bertz CT molecular complexity index is 646. The van der Waals surface area contributed by atoms with E-state index >= 15 is 0 Å². The van der Waals surface area contributed by atoms with Crippen LogP contribution in [0.5, 0.6) is 0 Å². The number of pyridine rings is 1. The van der Waals surface area contributed by atoms with Gasteiger partial charge in [-0.15, -0.1) is 5.10 Å². The van der Waals surface area contributed by atoms with Crippen molar-refractivity contribution in [2.24, 2.45) is 0 Å². The smallest absolute Gasteiger partial charge is 0.350 e. The maximum atomic E-state index is 12.0. The number of rotatable bonds is 7. The summed E-state index contributed by atoms with van der Waals surface area (Å²) in [6.07, 6.45) is 1.79. The molecule has 0 unspecified atom stereocenters. The van der Waals surface area contributed by atoms with Crippen LogP contribution < -0.4 is 5.69 Å². The van der Waals surface area contributed by atoms with E-state index in [1.807, 2.05) is 17.9 Å². The molecule has 2 rings (SSSR count). The van der Waals surface area contributed by atoms with Gasteiger partial charge in [-0.25, -0.2) is 9.48 Å². The Hall–Kier alpha value is -2.15. The van der Waals surface area contributed by atoms with Crippen molar-refractivity contribution < 1.29 is 9.90 Å². The van der Waals surface area contributed by atoms with Gasteiger partial charge >= 0.3 is 11.7 Å². The van der Waals surface area contributed by atoms with Gasteiger partial charge in [-0.2, -0.15) is 0 Å². The molecule has 0 saturated heterocycles. The second-order valence-corrected chi connectivity index (χ2v) is 4.51. The van der Waals surface area contributed by atoms with E-state index in [-0.39, 0.29) is 12.1 Å². The standard InChI is InChI=1S/C13H18N4O3/c1-2-15(8-6-12(18)19)9-10-17-13(20)16-7-4-3-5-11(16)14-17/h3-5,7H,2,6,8-10H2,1H3,(H,18,19). The lowest BCUT2D eigenvalue weighted by atomic mass is 10.3. The monoisotopic (exact) mass is 278 g/mol. The summed E-state index contributed by atoms with van der Waals surface area (Å²) in [5.41, 5.74) is 0.445. The number of carboxylic acids is 1. The first-order chi connectivity index (χ1) is 9.61. The van der Waals surface area contributed by atoms with Crippen LogP contribution in [-0.2, 0) is 11.3 Å². The average Bonchev–Trinajstić information content (AvgIpc) is 2.76. The van der Waals surface area contributed by atoms with Crippen molar-refractivity contribution in [2.45, 2.75) is 19.9 Å². The zero-order valence-corrected chi connectivity index (χ0v) is 11.4. The largest absolute Gasteiger partial charge is 0.481 e. The minimum Gasteiger partial charge on any atom is -0.481 e. The van der Waals surface area contributed by atoms with E-state index in [0.29, 0.717) is 25.3 Å². The highest BCUT2D eigenvalue weighted by Gasteiger charge is 2.09. The molecule has 2 heterocycles. The molecular weight excluding hydrogens is 260 g/mol. The van der Waals surface area contributed by atoms with Gasteiger partial charge in [0, 0.05) is 19.3 Å². The second kappa shape index (κ2) is 6.33. The Balaban J connectivity index is 2.03. The van der Waals surface area contributed by atoms with Gasteiger partial charge in [0.25, 0.3) is 0 Å². The van der Waals surface area contributed by atoms with Crippen LogP contribution in [0.4, 0.5) is 0 Å². The predicted octanol–water partition coefficient (Wildman–Crippen LogP) is 0.293. The Morgan fingerprint density at radius 1 is 1.40 bits per heavy atom. The maximum Gasteiger partial charge on any atom is 0.350 e. The Labute approximate surface area is 116 Å². The fraction of sp³-hybridized carbons (Fsp3) is 0.462. The average molecular weight is 278 g/mol. The second-order valence-electron chi connectivity index (χ2n) is 4.51. The Kier molecular flexibility index (Phi) is 4.52. The molecule has 0 atom stereocenters. The van der Waals surface area contributed by atoms with Crippen LogP contribution in [0, 0.1) is 0 Å². The van der Waals surface area contributed by atoms with Gasteiger partial charge in [0.15, 0.2) is 5.65 Å². The van der Waals surface area contributed by atoms with Gasteiger partial charge < -0.3 is 10.0 Å². The summed E-state index contributed by atoms with van der Waals surface area (Å²) in [6.45, 7) is 4.25. The number of aliphatic carboxylic acids is 1. The lowest BCUT2D eigenvalue weighted by molar-refractivity contribution is -0.137. The molecule has 0 bridgehead atoms. The summed E-state index contributed by atoms with van der Waals surface area (Å²) in [5.74, 6) is -0.812. The fourth-order valence-electron chi connectivity index (χ4n) is 2.03. The van der Waals surface area contributed by atoms with Crippen LogP contribution in [0.15, 0.2) is 29.2 Å². The molecule has 20 heavy (non-hydrogen) atoms. The number of fused-ring (bicyclic) bond motifs is 1. The van der Waals surface area contributed by atoms with E-state index in [0.717, 1.165) is 6.54 Å². The summed E-state index contributed by atoms with van der Waals surface area (Å²) in [5, 5.41) is 12.9. The van der Waals surface area contributed by atoms with E-state index in [4.69, 9.17) is 5.11 Å². The SMILES string of the molecule is CCN(CCC(=O)O)CCn1nc2ccccn2c1=O. The van der Waals surface area contributed by atoms with Crippen LogP contribution in [0.25, 0.3) is 5.65 Å². The summed E-state index contributed by atoms with van der Waals surface area (Å²) in [4.78, 5) is 24.6. The summed E-state index contributed by atoms with van der Waals surface area (Å²) >= 11 is 0. The van der Waals surface area contributed by atoms with Crippen molar-refractivity contribution in [1.82, 2.24) is 19.1 Å². The van der Waals surface area contributed by atoms with E-state index in [2.05, 4.69) is 5.10 Å². The molecular formula is C13H18N4O3. The van der Waals surface area contributed by atoms with Crippen LogP contribution in [-0.4, -0.2) is 49.8 Å². The van der Waals surface area contributed by atoms with Gasteiger partial charge in [0.05, 0.1) is 13.0 Å². The third-order valence-corrected chi connectivity index (χ3v) is 3.21. The first-order valence-electron chi connectivity index (χ1n) is 6.60. The van der Waals surface area contributed by atoms with Crippen LogP contribution in [0.3, 0.4) is 0 Å². The molecule has 0 aliphatic rings. The topological polar surface area (TPSA) is 79.8 Å². The normalized spacial score (nSPS) is 11.3. The first-order valence-corrected chi connectivity index (χ1v) is 6.60.